The van der Waals surface area contributed by atoms with Gasteiger partial charge in [-0.2, -0.15) is 18.2 Å². The molecule has 3 aromatic rings. The standard InChI is InChI=1S/C21H19F3N2OS2/c22-21(23,24)15-6-3-5-14(11-15)13-29-19-17-8-1-2-9-18(17)26(20(27)25-19)12-16-7-4-10-28-16/h3-7,10-11H,1-2,8-9,12-13H2. The summed E-state index contributed by atoms with van der Waals surface area (Å²) in [7, 11) is 0. The quantitative estimate of drug-likeness (QED) is 0.389. The molecule has 0 saturated carbocycles. The van der Waals surface area contributed by atoms with E-state index in [2.05, 4.69) is 4.98 Å². The van der Waals surface area contributed by atoms with Crippen LogP contribution >= 0.6 is 23.1 Å². The smallest absolute Gasteiger partial charge is 0.291 e. The maximum Gasteiger partial charge on any atom is 0.416 e. The zero-order chi connectivity index (χ0) is 20.4. The molecule has 0 radical (unpaired) electrons. The zero-order valence-corrected chi connectivity index (χ0v) is 17.2. The largest absolute Gasteiger partial charge is 0.416 e. The fourth-order valence-electron chi connectivity index (χ4n) is 3.58. The van der Waals surface area contributed by atoms with Gasteiger partial charge in [0.25, 0.3) is 0 Å². The molecular weight excluding hydrogens is 417 g/mol. The van der Waals surface area contributed by atoms with Gasteiger partial charge in [0.15, 0.2) is 0 Å². The molecule has 152 valence electrons. The molecule has 0 atom stereocenters. The molecule has 1 aliphatic carbocycles. The van der Waals surface area contributed by atoms with Crippen molar-refractivity contribution in [1.29, 1.82) is 0 Å². The van der Waals surface area contributed by atoms with Crippen molar-refractivity contribution in [3.63, 3.8) is 0 Å². The third kappa shape index (κ3) is 4.59. The first-order chi connectivity index (χ1) is 13.9. The Labute approximate surface area is 174 Å². The number of thioether (sulfide) groups is 1. The van der Waals surface area contributed by atoms with E-state index in [9.17, 15) is 18.0 Å². The minimum atomic E-state index is -4.36. The Balaban J connectivity index is 1.61. The Morgan fingerprint density at radius 1 is 1.14 bits per heavy atom. The van der Waals surface area contributed by atoms with Gasteiger partial charge in [0.05, 0.1) is 12.1 Å². The van der Waals surface area contributed by atoms with Crippen LogP contribution in [0.3, 0.4) is 0 Å². The summed E-state index contributed by atoms with van der Waals surface area (Å²) < 4.78 is 40.6. The van der Waals surface area contributed by atoms with Crippen molar-refractivity contribution in [3.05, 3.63) is 79.5 Å². The topological polar surface area (TPSA) is 34.9 Å². The average Bonchev–Trinajstić information content (AvgIpc) is 3.22. The van der Waals surface area contributed by atoms with Crippen molar-refractivity contribution < 1.29 is 13.2 Å². The maximum atomic E-state index is 12.9. The second-order valence-electron chi connectivity index (χ2n) is 6.98. The van der Waals surface area contributed by atoms with Gasteiger partial charge in [0, 0.05) is 21.9 Å². The van der Waals surface area contributed by atoms with Gasteiger partial charge < -0.3 is 0 Å². The zero-order valence-electron chi connectivity index (χ0n) is 15.5. The third-order valence-electron chi connectivity index (χ3n) is 4.97. The van der Waals surface area contributed by atoms with Gasteiger partial charge in [-0.05, 0) is 48.8 Å². The molecule has 4 rings (SSSR count). The highest BCUT2D eigenvalue weighted by Crippen LogP contribution is 2.33. The lowest BCUT2D eigenvalue weighted by Gasteiger charge is -2.22. The highest BCUT2D eigenvalue weighted by Gasteiger charge is 2.30. The monoisotopic (exact) mass is 436 g/mol. The molecule has 3 nitrogen and oxygen atoms in total. The van der Waals surface area contributed by atoms with E-state index < -0.39 is 11.7 Å². The van der Waals surface area contributed by atoms with Crippen molar-refractivity contribution in [1.82, 2.24) is 9.55 Å². The molecule has 1 aliphatic rings. The molecule has 8 heteroatoms. The Morgan fingerprint density at radius 2 is 1.97 bits per heavy atom. The normalized spacial score (nSPS) is 14.0. The molecular formula is C21H19F3N2OS2. The number of nitrogens with zero attached hydrogens (tertiary/aromatic N) is 2. The van der Waals surface area contributed by atoms with E-state index in [1.807, 2.05) is 17.5 Å². The molecule has 0 bridgehead atoms. The molecule has 0 aliphatic heterocycles. The predicted molar refractivity (Wildman–Crippen MR) is 110 cm³/mol. The Kier molecular flexibility index (Phi) is 5.83. The van der Waals surface area contributed by atoms with Crippen LogP contribution in [0.5, 0.6) is 0 Å². The van der Waals surface area contributed by atoms with Crippen LogP contribution in [0, 0.1) is 0 Å². The van der Waals surface area contributed by atoms with E-state index in [0.717, 1.165) is 54.0 Å². The number of hydrogen-bond donors (Lipinski definition) is 0. The van der Waals surface area contributed by atoms with Crippen molar-refractivity contribution >= 4 is 23.1 Å². The second kappa shape index (κ2) is 8.36. The molecule has 0 N–H and O–H groups in total. The van der Waals surface area contributed by atoms with E-state index in [1.54, 1.807) is 22.0 Å². The van der Waals surface area contributed by atoms with Crippen LogP contribution in [0.2, 0.25) is 0 Å². The van der Waals surface area contributed by atoms with E-state index in [4.69, 9.17) is 0 Å². The van der Waals surface area contributed by atoms with E-state index >= 15 is 0 Å². The summed E-state index contributed by atoms with van der Waals surface area (Å²) in [6.07, 6.45) is -0.629. The number of halogens is 3. The number of alkyl halides is 3. The van der Waals surface area contributed by atoms with Crippen LogP contribution in [0.25, 0.3) is 0 Å². The molecule has 1 aromatic carbocycles. The number of thiophene rings is 1. The number of fused-ring (bicyclic) bond motifs is 1. The van der Waals surface area contributed by atoms with Gasteiger partial charge in [0.2, 0.25) is 0 Å². The summed E-state index contributed by atoms with van der Waals surface area (Å²) in [5, 5.41) is 2.64. The van der Waals surface area contributed by atoms with Gasteiger partial charge in [-0.15, -0.1) is 23.1 Å². The molecule has 0 spiro atoms. The lowest BCUT2D eigenvalue weighted by atomic mass is 9.97. The molecule has 2 heterocycles. The fraction of sp³-hybridized carbons (Fsp3) is 0.333. The highest BCUT2D eigenvalue weighted by molar-refractivity contribution is 7.98. The summed E-state index contributed by atoms with van der Waals surface area (Å²) in [5.74, 6) is 0.345. The second-order valence-corrected chi connectivity index (χ2v) is 8.98. The SMILES string of the molecule is O=c1nc(SCc2cccc(C(F)(F)F)c2)c2c(n1Cc1cccs1)CCCC2. The van der Waals surface area contributed by atoms with Crippen LogP contribution in [-0.4, -0.2) is 9.55 Å². The van der Waals surface area contributed by atoms with E-state index in [1.165, 1.54) is 17.8 Å². The van der Waals surface area contributed by atoms with Gasteiger partial charge >= 0.3 is 11.9 Å². The summed E-state index contributed by atoms with van der Waals surface area (Å²) in [4.78, 5) is 18.1. The molecule has 0 saturated heterocycles. The first kappa shape index (κ1) is 20.2. The van der Waals surface area contributed by atoms with Crippen LogP contribution < -0.4 is 5.69 Å². The minimum absolute atomic E-state index is 0.286. The Morgan fingerprint density at radius 3 is 2.72 bits per heavy atom. The van der Waals surface area contributed by atoms with Crippen molar-refractivity contribution in [3.8, 4) is 0 Å². The van der Waals surface area contributed by atoms with E-state index in [-0.39, 0.29) is 5.69 Å². The Bertz CT molecular complexity index is 1060. The van der Waals surface area contributed by atoms with Crippen LogP contribution in [-0.2, 0) is 31.3 Å². The van der Waals surface area contributed by atoms with Gasteiger partial charge in [-0.3, -0.25) is 4.57 Å². The first-order valence-corrected chi connectivity index (χ1v) is 11.2. The van der Waals surface area contributed by atoms with Crippen LogP contribution in [0.15, 0.2) is 51.6 Å². The van der Waals surface area contributed by atoms with Crippen molar-refractivity contribution in [2.45, 2.75) is 49.2 Å². The maximum absolute atomic E-state index is 12.9. The predicted octanol–water partition coefficient (Wildman–Crippen LogP) is 5.54. The fourth-order valence-corrected chi connectivity index (χ4v) is 5.29. The first-order valence-electron chi connectivity index (χ1n) is 9.36. The van der Waals surface area contributed by atoms with Crippen LogP contribution in [0.1, 0.15) is 40.1 Å². The van der Waals surface area contributed by atoms with Crippen molar-refractivity contribution in [2.75, 3.05) is 0 Å². The number of aromatic nitrogens is 2. The molecule has 2 aromatic heterocycles. The Hall–Kier alpha value is -2.06. The van der Waals surface area contributed by atoms with Gasteiger partial charge in [-0.25, -0.2) is 4.79 Å². The summed E-state index contributed by atoms with van der Waals surface area (Å²) in [6, 6.07) is 9.29. The molecule has 0 fully saturated rings. The third-order valence-corrected chi connectivity index (χ3v) is 6.92. The van der Waals surface area contributed by atoms with Gasteiger partial charge in [-0.1, -0.05) is 24.3 Å². The number of benzene rings is 1. The lowest BCUT2D eigenvalue weighted by Crippen LogP contribution is -2.30. The lowest BCUT2D eigenvalue weighted by molar-refractivity contribution is -0.137. The average molecular weight is 437 g/mol. The van der Waals surface area contributed by atoms with Crippen LogP contribution in [0.4, 0.5) is 13.2 Å². The van der Waals surface area contributed by atoms with Crippen molar-refractivity contribution in [2.24, 2.45) is 0 Å². The number of rotatable bonds is 5. The summed E-state index contributed by atoms with van der Waals surface area (Å²) in [6.45, 7) is 0.518. The number of hydrogen-bond acceptors (Lipinski definition) is 4. The molecule has 0 unspecified atom stereocenters. The highest BCUT2D eigenvalue weighted by atomic mass is 32.2. The summed E-state index contributed by atoms with van der Waals surface area (Å²) in [5.41, 5.74) is 1.72. The minimum Gasteiger partial charge on any atom is -0.291 e. The molecule has 0 amide bonds. The van der Waals surface area contributed by atoms with Gasteiger partial charge in [0.1, 0.15) is 5.03 Å². The molecule has 29 heavy (non-hydrogen) atoms. The van der Waals surface area contributed by atoms with E-state index in [0.29, 0.717) is 22.9 Å². The summed E-state index contributed by atoms with van der Waals surface area (Å²) >= 11 is 2.96.